The first-order valence-corrected chi connectivity index (χ1v) is 3.45. The molecule has 2 N–H and O–H groups in total. The zero-order chi connectivity index (χ0) is 5.98. The van der Waals surface area contributed by atoms with Crippen molar-refractivity contribution in [2.24, 2.45) is 5.73 Å². The van der Waals surface area contributed by atoms with Crippen molar-refractivity contribution in [1.29, 1.82) is 0 Å². The van der Waals surface area contributed by atoms with Gasteiger partial charge < -0.3 is 5.73 Å². The van der Waals surface area contributed by atoms with Crippen LogP contribution in [0.5, 0.6) is 0 Å². The molecule has 0 unspecified atom stereocenters. The standard InChI is InChI=1S/C6H9NS.ClH/c1-5-2-3-8-6(5)4-7;/h2-3H,4,7H2,1H3;1H. The number of thiophene rings is 1. The van der Waals surface area contributed by atoms with Gasteiger partial charge in [0.15, 0.2) is 0 Å². The Hall–Kier alpha value is -0.0500. The number of halogens is 1. The van der Waals surface area contributed by atoms with Gasteiger partial charge in [-0.25, -0.2) is 0 Å². The first-order valence-electron chi connectivity index (χ1n) is 2.57. The van der Waals surface area contributed by atoms with Crippen LogP contribution in [0.1, 0.15) is 10.4 Å². The summed E-state index contributed by atoms with van der Waals surface area (Å²) in [5.74, 6) is 0. The highest BCUT2D eigenvalue weighted by molar-refractivity contribution is 7.10. The summed E-state index contributed by atoms with van der Waals surface area (Å²) in [7, 11) is 0. The van der Waals surface area contributed by atoms with E-state index in [-0.39, 0.29) is 12.4 Å². The fourth-order valence-electron chi connectivity index (χ4n) is 0.613. The number of rotatable bonds is 1. The van der Waals surface area contributed by atoms with Crippen LogP contribution in [-0.4, -0.2) is 0 Å². The number of nitrogens with two attached hydrogens (primary N) is 1. The van der Waals surface area contributed by atoms with Gasteiger partial charge in [-0.05, 0) is 23.9 Å². The Balaban J connectivity index is 0.000000640. The molecule has 0 radical (unpaired) electrons. The minimum Gasteiger partial charge on any atom is -0.326 e. The first kappa shape index (κ1) is 8.95. The third-order valence-corrected chi connectivity index (χ3v) is 2.20. The molecule has 1 aromatic heterocycles. The molecule has 0 saturated heterocycles. The zero-order valence-electron chi connectivity index (χ0n) is 5.26. The van der Waals surface area contributed by atoms with Crippen molar-refractivity contribution >= 4 is 23.7 Å². The molecule has 3 heteroatoms. The molecule has 0 aromatic carbocycles. The molecule has 0 amide bonds. The summed E-state index contributed by atoms with van der Waals surface area (Å²) in [5, 5.41) is 2.07. The fraction of sp³-hybridized carbons (Fsp3) is 0.333. The Morgan fingerprint density at radius 3 is 2.56 bits per heavy atom. The minimum atomic E-state index is 0. The second kappa shape index (κ2) is 3.88. The van der Waals surface area contributed by atoms with E-state index in [2.05, 4.69) is 18.4 Å². The molecule has 0 spiro atoms. The van der Waals surface area contributed by atoms with Crippen molar-refractivity contribution in [3.05, 3.63) is 21.9 Å². The van der Waals surface area contributed by atoms with Crippen molar-refractivity contribution in [2.45, 2.75) is 13.5 Å². The van der Waals surface area contributed by atoms with E-state index in [0.717, 1.165) is 0 Å². The van der Waals surface area contributed by atoms with Gasteiger partial charge in [0.2, 0.25) is 0 Å². The van der Waals surface area contributed by atoms with Crippen LogP contribution < -0.4 is 5.73 Å². The normalized spacial score (nSPS) is 8.67. The quantitative estimate of drug-likeness (QED) is 0.673. The van der Waals surface area contributed by atoms with Gasteiger partial charge in [0.05, 0.1) is 0 Å². The van der Waals surface area contributed by atoms with Gasteiger partial charge in [-0.2, -0.15) is 0 Å². The van der Waals surface area contributed by atoms with Crippen LogP contribution in [0.15, 0.2) is 11.4 Å². The summed E-state index contributed by atoms with van der Waals surface area (Å²) >= 11 is 1.72. The summed E-state index contributed by atoms with van der Waals surface area (Å²) in [4.78, 5) is 1.30. The molecule has 1 heterocycles. The Morgan fingerprint density at radius 1 is 1.67 bits per heavy atom. The minimum absolute atomic E-state index is 0. The van der Waals surface area contributed by atoms with Crippen LogP contribution in [0.3, 0.4) is 0 Å². The fourth-order valence-corrected chi connectivity index (χ4v) is 1.40. The highest BCUT2D eigenvalue weighted by Crippen LogP contribution is 2.13. The summed E-state index contributed by atoms with van der Waals surface area (Å²) in [6.07, 6.45) is 0. The Bertz CT molecular complexity index is 173. The lowest BCUT2D eigenvalue weighted by molar-refractivity contribution is 1.09. The summed E-state index contributed by atoms with van der Waals surface area (Å²) in [6.45, 7) is 2.77. The monoisotopic (exact) mass is 163 g/mol. The zero-order valence-corrected chi connectivity index (χ0v) is 6.89. The van der Waals surface area contributed by atoms with E-state index in [9.17, 15) is 0 Å². The van der Waals surface area contributed by atoms with E-state index < -0.39 is 0 Å². The van der Waals surface area contributed by atoms with Crippen LogP contribution in [0.2, 0.25) is 0 Å². The Labute approximate surface area is 65.3 Å². The molecule has 0 bridgehead atoms. The molecule has 1 aromatic rings. The van der Waals surface area contributed by atoms with E-state index in [1.54, 1.807) is 11.3 Å². The van der Waals surface area contributed by atoms with E-state index in [1.807, 2.05) is 0 Å². The predicted molar refractivity (Wildman–Crippen MR) is 44.2 cm³/mol. The van der Waals surface area contributed by atoms with Crippen LogP contribution in [0, 0.1) is 6.92 Å². The van der Waals surface area contributed by atoms with Gasteiger partial charge in [0.25, 0.3) is 0 Å². The Kier molecular flexibility index (Phi) is 3.86. The highest BCUT2D eigenvalue weighted by Gasteiger charge is 1.92. The van der Waals surface area contributed by atoms with Crippen molar-refractivity contribution in [3.8, 4) is 0 Å². The van der Waals surface area contributed by atoms with Crippen LogP contribution in [0.4, 0.5) is 0 Å². The number of aryl methyl sites for hydroxylation is 1. The van der Waals surface area contributed by atoms with E-state index >= 15 is 0 Å². The average molecular weight is 164 g/mol. The summed E-state index contributed by atoms with van der Waals surface area (Å²) in [6, 6.07) is 2.09. The topological polar surface area (TPSA) is 26.0 Å². The maximum Gasteiger partial charge on any atom is 0.0276 e. The van der Waals surface area contributed by atoms with Crippen LogP contribution in [0.25, 0.3) is 0 Å². The first-order chi connectivity index (χ1) is 3.84. The van der Waals surface area contributed by atoms with Gasteiger partial charge in [0.1, 0.15) is 0 Å². The molecule has 0 aliphatic carbocycles. The van der Waals surface area contributed by atoms with Gasteiger partial charge in [0, 0.05) is 11.4 Å². The SMILES string of the molecule is Cc1ccsc1CN.Cl. The van der Waals surface area contributed by atoms with Gasteiger partial charge in [-0.3, -0.25) is 0 Å². The smallest absolute Gasteiger partial charge is 0.0276 e. The van der Waals surface area contributed by atoms with Crippen molar-refractivity contribution < 1.29 is 0 Å². The second-order valence-corrected chi connectivity index (χ2v) is 2.73. The van der Waals surface area contributed by atoms with Crippen LogP contribution in [-0.2, 0) is 6.54 Å². The third-order valence-electron chi connectivity index (χ3n) is 1.15. The molecular weight excluding hydrogens is 154 g/mol. The van der Waals surface area contributed by atoms with Crippen molar-refractivity contribution in [3.63, 3.8) is 0 Å². The maximum absolute atomic E-state index is 5.41. The number of hydrogen-bond donors (Lipinski definition) is 1. The molecule has 52 valence electrons. The molecule has 0 aliphatic heterocycles. The predicted octanol–water partition coefficient (Wildman–Crippen LogP) is 1.94. The van der Waals surface area contributed by atoms with E-state index in [4.69, 9.17) is 5.73 Å². The molecule has 1 nitrogen and oxygen atoms in total. The van der Waals surface area contributed by atoms with Crippen molar-refractivity contribution in [2.75, 3.05) is 0 Å². The molecule has 0 fully saturated rings. The third kappa shape index (κ3) is 1.97. The van der Waals surface area contributed by atoms with Gasteiger partial charge in [-0.15, -0.1) is 23.7 Å². The van der Waals surface area contributed by atoms with E-state index in [0.29, 0.717) is 6.54 Å². The second-order valence-electron chi connectivity index (χ2n) is 1.73. The highest BCUT2D eigenvalue weighted by atomic mass is 35.5. The van der Waals surface area contributed by atoms with Gasteiger partial charge >= 0.3 is 0 Å². The molecule has 0 saturated carbocycles. The van der Waals surface area contributed by atoms with E-state index in [1.165, 1.54) is 10.4 Å². The molecule has 9 heavy (non-hydrogen) atoms. The average Bonchev–Trinajstić information content (AvgIpc) is 2.14. The van der Waals surface area contributed by atoms with Crippen LogP contribution >= 0.6 is 23.7 Å². The molecule has 0 aliphatic rings. The Morgan fingerprint density at radius 2 is 2.33 bits per heavy atom. The summed E-state index contributed by atoms with van der Waals surface area (Å²) < 4.78 is 0. The lowest BCUT2D eigenvalue weighted by atomic mass is 10.3. The summed E-state index contributed by atoms with van der Waals surface area (Å²) in [5.41, 5.74) is 6.72. The number of hydrogen-bond acceptors (Lipinski definition) is 2. The lowest BCUT2D eigenvalue weighted by Crippen LogP contribution is -1.93. The van der Waals surface area contributed by atoms with Crippen molar-refractivity contribution in [1.82, 2.24) is 0 Å². The largest absolute Gasteiger partial charge is 0.326 e. The van der Waals surface area contributed by atoms with Gasteiger partial charge in [-0.1, -0.05) is 0 Å². The maximum atomic E-state index is 5.41. The lowest BCUT2D eigenvalue weighted by Gasteiger charge is -1.88. The molecule has 1 rings (SSSR count). The molecular formula is C6H10ClNS. The molecule has 0 atom stereocenters.